The van der Waals surface area contributed by atoms with E-state index in [2.05, 4.69) is 11.1 Å². The van der Waals surface area contributed by atoms with Gasteiger partial charge in [0.15, 0.2) is 0 Å². The SMILES string of the molecule is ClCc1cc2cnccc2s1. The zero-order valence-electron chi connectivity index (χ0n) is 5.75. The molecule has 0 unspecified atom stereocenters. The molecule has 0 atom stereocenters. The van der Waals surface area contributed by atoms with E-state index in [0.29, 0.717) is 5.88 Å². The zero-order valence-corrected chi connectivity index (χ0v) is 7.32. The first-order chi connectivity index (χ1) is 5.40. The maximum absolute atomic E-state index is 5.69. The van der Waals surface area contributed by atoms with Gasteiger partial charge in [0.2, 0.25) is 0 Å². The van der Waals surface area contributed by atoms with Crippen LogP contribution in [0.1, 0.15) is 4.88 Å². The summed E-state index contributed by atoms with van der Waals surface area (Å²) < 4.78 is 1.26. The number of hydrogen-bond acceptors (Lipinski definition) is 2. The van der Waals surface area contributed by atoms with Crippen molar-refractivity contribution in [2.45, 2.75) is 5.88 Å². The van der Waals surface area contributed by atoms with E-state index in [1.165, 1.54) is 15.0 Å². The number of alkyl halides is 1. The first-order valence-corrected chi connectivity index (χ1v) is 4.63. The Hall–Kier alpha value is -0.600. The molecule has 0 saturated carbocycles. The van der Waals surface area contributed by atoms with Crippen LogP contribution in [-0.4, -0.2) is 4.98 Å². The molecule has 0 aliphatic rings. The smallest absolute Gasteiger partial charge is 0.0568 e. The lowest BCUT2D eigenvalue weighted by Crippen LogP contribution is -1.65. The van der Waals surface area contributed by atoms with E-state index < -0.39 is 0 Å². The number of rotatable bonds is 1. The van der Waals surface area contributed by atoms with Gasteiger partial charge < -0.3 is 0 Å². The van der Waals surface area contributed by atoms with Crippen LogP contribution >= 0.6 is 22.9 Å². The zero-order chi connectivity index (χ0) is 7.68. The second-order valence-electron chi connectivity index (χ2n) is 2.26. The molecule has 2 rings (SSSR count). The predicted molar refractivity (Wildman–Crippen MR) is 49.2 cm³/mol. The van der Waals surface area contributed by atoms with Gasteiger partial charge in [0, 0.05) is 27.4 Å². The number of fused-ring (bicyclic) bond motifs is 1. The molecule has 0 fully saturated rings. The van der Waals surface area contributed by atoms with Crippen molar-refractivity contribution in [3.05, 3.63) is 29.4 Å². The largest absolute Gasteiger partial charge is 0.264 e. The number of thiophene rings is 1. The lowest BCUT2D eigenvalue weighted by molar-refractivity contribution is 1.37. The molecule has 0 amide bonds. The van der Waals surface area contributed by atoms with Gasteiger partial charge in [-0.25, -0.2) is 0 Å². The van der Waals surface area contributed by atoms with Gasteiger partial charge in [0.25, 0.3) is 0 Å². The Bertz CT molecular complexity index is 336. The molecule has 2 aromatic rings. The second-order valence-corrected chi connectivity index (χ2v) is 3.70. The van der Waals surface area contributed by atoms with E-state index in [4.69, 9.17) is 11.6 Å². The molecule has 11 heavy (non-hydrogen) atoms. The molecule has 0 saturated heterocycles. The van der Waals surface area contributed by atoms with Crippen molar-refractivity contribution in [1.82, 2.24) is 4.98 Å². The Morgan fingerprint density at radius 2 is 2.45 bits per heavy atom. The van der Waals surface area contributed by atoms with Gasteiger partial charge in [-0.15, -0.1) is 22.9 Å². The van der Waals surface area contributed by atoms with Crippen LogP contribution < -0.4 is 0 Å². The average molecular weight is 184 g/mol. The van der Waals surface area contributed by atoms with Crippen molar-refractivity contribution in [3.63, 3.8) is 0 Å². The van der Waals surface area contributed by atoms with Gasteiger partial charge in [-0.2, -0.15) is 0 Å². The molecule has 1 nitrogen and oxygen atoms in total. The van der Waals surface area contributed by atoms with Crippen LogP contribution in [0, 0.1) is 0 Å². The Morgan fingerprint density at radius 3 is 3.18 bits per heavy atom. The molecular weight excluding hydrogens is 178 g/mol. The van der Waals surface area contributed by atoms with Crippen molar-refractivity contribution < 1.29 is 0 Å². The fraction of sp³-hybridized carbons (Fsp3) is 0.125. The predicted octanol–water partition coefficient (Wildman–Crippen LogP) is 3.04. The molecule has 0 N–H and O–H groups in total. The fourth-order valence-corrected chi connectivity index (χ4v) is 2.13. The van der Waals surface area contributed by atoms with Crippen LogP contribution in [0.25, 0.3) is 10.1 Å². The van der Waals surface area contributed by atoms with Gasteiger partial charge in [0.1, 0.15) is 0 Å². The summed E-state index contributed by atoms with van der Waals surface area (Å²) in [4.78, 5) is 5.23. The molecule has 3 heteroatoms. The van der Waals surface area contributed by atoms with Crippen LogP contribution in [0.3, 0.4) is 0 Å². The van der Waals surface area contributed by atoms with Crippen LogP contribution in [0.2, 0.25) is 0 Å². The monoisotopic (exact) mass is 183 g/mol. The molecule has 0 aliphatic carbocycles. The summed E-state index contributed by atoms with van der Waals surface area (Å²) in [5, 5.41) is 1.19. The first kappa shape index (κ1) is 7.07. The lowest BCUT2D eigenvalue weighted by atomic mass is 10.3. The Labute approximate surface area is 73.6 Å². The van der Waals surface area contributed by atoms with Crippen molar-refractivity contribution in [3.8, 4) is 0 Å². The van der Waals surface area contributed by atoms with Gasteiger partial charge in [-0.1, -0.05) is 0 Å². The molecule has 0 aromatic carbocycles. The summed E-state index contributed by atoms with van der Waals surface area (Å²) in [6.45, 7) is 0. The maximum Gasteiger partial charge on any atom is 0.0568 e. The van der Waals surface area contributed by atoms with Gasteiger partial charge in [-0.3, -0.25) is 4.98 Å². The molecule has 0 radical (unpaired) electrons. The van der Waals surface area contributed by atoms with Crippen LogP contribution in [0.4, 0.5) is 0 Å². The van der Waals surface area contributed by atoms with E-state index >= 15 is 0 Å². The molecule has 2 heterocycles. The number of halogens is 1. The first-order valence-electron chi connectivity index (χ1n) is 3.28. The second kappa shape index (κ2) is 2.80. The highest BCUT2D eigenvalue weighted by molar-refractivity contribution is 7.19. The van der Waals surface area contributed by atoms with Gasteiger partial charge in [0.05, 0.1) is 5.88 Å². The quantitative estimate of drug-likeness (QED) is 0.620. The molecule has 2 aromatic heterocycles. The minimum absolute atomic E-state index is 0.597. The van der Waals surface area contributed by atoms with Crippen molar-refractivity contribution in [2.75, 3.05) is 0 Å². The Balaban J connectivity index is 2.69. The number of pyridine rings is 1. The van der Waals surface area contributed by atoms with E-state index in [-0.39, 0.29) is 0 Å². The Kier molecular flexibility index (Phi) is 1.80. The molecule has 0 spiro atoms. The standard InChI is InChI=1S/C8H6ClNS/c9-4-7-3-6-5-10-2-1-8(6)11-7/h1-3,5H,4H2. The van der Waals surface area contributed by atoms with Crippen molar-refractivity contribution >= 4 is 33.0 Å². The van der Waals surface area contributed by atoms with E-state index in [0.717, 1.165) is 0 Å². The maximum atomic E-state index is 5.69. The summed E-state index contributed by atoms with van der Waals surface area (Å²) in [6, 6.07) is 4.09. The summed E-state index contributed by atoms with van der Waals surface area (Å²) in [7, 11) is 0. The summed E-state index contributed by atoms with van der Waals surface area (Å²) in [5.41, 5.74) is 0. The highest BCUT2D eigenvalue weighted by Crippen LogP contribution is 2.25. The van der Waals surface area contributed by atoms with Crippen LogP contribution in [-0.2, 0) is 5.88 Å². The number of aromatic nitrogens is 1. The molecule has 56 valence electrons. The number of nitrogens with zero attached hydrogens (tertiary/aromatic N) is 1. The minimum Gasteiger partial charge on any atom is -0.264 e. The van der Waals surface area contributed by atoms with Crippen LogP contribution in [0.15, 0.2) is 24.5 Å². The third kappa shape index (κ3) is 1.24. The fourth-order valence-electron chi connectivity index (χ4n) is 1.01. The minimum atomic E-state index is 0.597. The topological polar surface area (TPSA) is 12.9 Å². The molecule has 0 aliphatic heterocycles. The highest BCUT2D eigenvalue weighted by Gasteiger charge is 1.98. The van der Waals surface area contributed by atoms with E-state index in [1.807, 2.05) is 12.3 Å². The normalized spacial score (nSPS) is 10.6. The van der Waals surface area contributed by atoms with Crippen molar-refractivity contribution in [2.24, 2.45) is 0 Å². The molecule has 0 bridgehead atoms. The summed E-state index contributed by atoms with van der Waals surface area (Å²) in [6.07, 6.45) is 3.67. The highest BCUT2D eigenvalue weighted by atomic mass is 35.5. The average Bonchev–Trinajstić information content (AvgIpc) is 2.46. The van der Waals surface area contributed by atoms with Crippen molar-refractivity contribution in [1.29, 1.82) is 0 Å². The summed E-state index contributed by atoms with van der Waals surface area (Å²) in [5.74, 6) is 0.597. The third-order valence-electron chi connectivity index (χ3n) is 1.50. The van der Waals surface area contributed by atoms with Gasteiger partial charge >= 0.3 is 0 Å². The van der Waals surface area contributed by atoms with Crippen LogP contribution in [0.5, 0.6) is 0 Å². The Morgan fingerprint density at radius 1 is 1.55 bits per heavy atom. The van der Waals surface area contributed by atoms with E-state index in [9.17, 15) is 0 Å². The van der Waals surface area contributed by atoms with E-state index in [1.54, 1.807) is 17.5 Å². The lowest BCUT2D eigenvalue weighted by Gasteiger charge is -1.81. The van der Waals surface area contributed by atoms with Gasteiger partial charge in [-0.05, 0) is 12.1 Å². The molecular formula is C8H6ClNS. The third-order valence-corrected chi connectivity index (χ3v) is 3.06. The summed E-state index contributed by atoms with van der Waals surface area (Å²) >= 11 is 7.41. The number of hydrogen-bond donors (Lipinski definition) is 0.